The number of anilines is 1. The number of nitrogens with zero attached hydrogens (tertiary/aromatic N) is 1. The second kappa shape index (κ2) is 9.85. The third-order valence-electron chi connectivity index (χ3n) is 4.12. The van der Waals surface area contributed by atoms with Gasteiger partial charge >= 0.3 is 0 Å². The highest BCUT2D eigenvalue weighted by Gasteiger charge is 2.06. The van der Waals surface area contributed by atoms with Crippen LogP contribution in [0, 0.1) is 0 Å². The van der Waals surface area contributed by atoms with Crippen molar-refractivity contribution in [2.75, 3.05) is 12.4 Å². The van der Waals surface area contributed by atoms with Crippen molar-refractivity contribution in [2.24, 2.45) is 0 Å². The van der Waals surface area contributed by atoms with Gasteiger partial charge in [0.25, 0.3) is 5.91 Å². The van der Waals surface area contributed by atoms with E-state index in [-0.39, 0.29) is 11.8 Å². The van der Waals surface area contributed by atoms with E-state index in [1.54, 1.807) is 37.6 Å². The lowest BCUT2D eigenvalue weighted by Gasteiger charge is -2.08. The first kappa shape index (κ1) is 19.8. The average Bonchev–Trinajstić information content (AvgIpc) is 2.77. The number of benzene rings is 2. The number of hydrogen-bond donors (Lipinski definition) is 2. The normalized spacial score (nSPS) is 10.5. The Morgan fingerprint density at radius 3 is 2.62 bits per heavy atom. The maximum atomic E-state index is 12.2. The number of pyridine rings is 1. The number of amides is 2. The van der Waals surface area contributed by atoms with E-state index in [0.717, 1.165) is 16.9 Å². The number of hydrogen-bond acceptors (Lipinski definition) is 4. The molecule has 0 aliphatic rings. The Morgan fingerprint density at radius 2 is 1.90 bits per heavy atom. The molecule has 6 heteroatoms. The Balaban J connectivity index is 1.53. The quantitative estimate of drug-likeness (QED) is 0.606. The summed E-state index contributed by atoms with van der Waals surface area (Å²) in [5, 5.41) is 5.66. The van der Waals surface area contributed by atoms with Crippen molar-refractivity contribution in [3.63, 3.8) is 0 Å². The van der Waals surface area contributed by atoms with Gasteiger partial charge in [-0.1, -0.05) is 24.3 Å². The summed E-state index contributed by atoms with van der Waals surface area (Å²) in [6.45, 7) is 0.350. The first-order valence-corrected chi connectivity index (χ1v) is 9.04. The predicted octanol–water partition coefficient (Wildman–Crippen LogP) is 3.67. The fourth-order valence-electron chi connectivity index (χ4n) is 2.59. The third-order valence-corrected chi connectivity index (χ3v) is 4.12. The maximum absolute atomic E-state index is 12.2. The van der Waals surface area contributed by atoms with Gasteiger partial charge in [-0.15, -0.1) is 0 Å². The van der Waals surface area contributed by atoms with E-state index in [9.17, 15) is 9.59 Å². The van der Waals surface area contributed by atoms with Crippen molar-refractivity contribution in [1.29, 1.82) is 0 Å². The lowest BCUT2D eigenvalue weighted by Crippen LogP contribution is -2.20. The second-order valence-electron chi connectivity index (χ2n) is 6.22. The van der Waals surface area contributed by atoms with Gasteiger partial charge in [0.05, 0.1) is 12.7 Å². The Kier molecular flexibility index (Phi) is 6.73. The maximum Gasteiger partial charge on any atom is 0.257 e. The molecule has 0 saturated heterocycles. The van der Waals surface area contributed by atoms with Crippen LogP contribution in [0.3, 0.4) is 0 Å². The number of rotatable bonds is 7. The van der Waals surface area contributed by atoms with Crippen LogP contribution in [0.25, 0.3) is 6.08 Å². The van der Waals surface area contributed by atoms with Crippen molar-refractivity contribution >= 4 is 23.6 Å². The molecule has 0 radical (unpaired) electrons. The molecule has 146 valence electrons. The molecule has 0 spiro atoms. The van der Waals surface area contributed by atoms with E-state index < -0.39 is 0 Å². The second-order valence-corrected chi connectivity index (χ2v) is 6.22. The van der Waals surface area contributed by atoms with E-state index in [2.05, 4.69) is 15.6 Å². The molecule has 3 rings (SSSR count). The Hall–Kier alpha value is -3.93. The molecule has 0 fully saturated rings. The third kappa shape index (κ3) is 6.04. The van der Waals surface area contributed by atoms with Crippen molar-refractivity contribution in [3.05, 3.63) is 95.8 Å². The minimum atomic E-state index is -0.235. The van der Waals surface area contributed by atoms with E-state index in [4.69, 9.17) is 4.74 Å². The van der Waals surface area contributed by atoms with Crippen LogP contribution in [0.15, 0.2) is 79.1 Å². The minimum Gasteiger partial charge on any atom is -0.497 e. The Bertz CT molecular complexity index is 999. The highest BCUT2D eigenvalue weighted by molar-refractivity contribution is 6.04. The standard InChI is InChI=1S/C23H21N3O3/c1-29-21-10-7-17(8-11-21)9-12-22(27)25-15-18-4-2-6-20(14-18)26-23(28)19-5-3-13-24-16-19/h2-14,16H,15H2,1H3,(H,25,27)(H,26,28)/b12-9+. The summed E-state index contributed by atoms with van der Waals surface area (Å²) in [5.74, 6) is 0.328. The molecule has 2 amide bonds. The zero-order valence-electron chi connectivity index (χ0n) is 16.0. The van der Waals surface area contributed by atoms with Crippen LogP contribution in [0.2, 0.25) is 0 Å². The highest BCUT2D eigenvalue weighted by atomic mass is 16.5. The number of nitrogens with one attached hydrogen (secondary N) is 2. The summed E-state index contributed by atoms with van der Waals surface area (Å²) < 4.78 is 5.11. The molecule has 29 heavy (non-hydrogen) atoms. The summed E-state index contributed by atoms with van der Waals surface area (Å²) in [7, 11) is 1.61. The molecule has 0 aliphatic heterocycles. The highest BCUT2D eigenvalue weighted by Crippen LogP contribution is 2.13. The molecule has 1 heterocycles. The lowest BCUT2D eigenvalue weighted by atomic mass is 10.2. The van der Waals surface area contributed by atoms with Gasteiger partial charge in [0.2, 0.25) is 5.91 Å². The SMILES string of the molecule is COc1ccc(/C=C/C(=O)NCc2cccc(NC(=O)c3cccnc3)c2)cc1. The largest absolute Gasteiger partial charge is 0.497 e. The molecule has 6 nitrogen and oxygen atoms in total. The lowest BCUT2D eigenvalue weighted by molar-refractivity contribution is -0.116. The van der Waals surface area contributed by atoms with Crippen molar-refractivity contribution < 1.29 is 14.3 Å². The van der Waals surface area contributed by atoms with Gasteiger partial charge in [0.15, 0.2) is 0 Å². The van der Waals surface area contributed by atoms with E-state index in [1.807, 2.05) is 42.5 Å². The smallest absolute Gasteiger partial charge is 0.257 e. The monoisotopic (exact) mass is 387 g/mol. The molecule has 0 atom stereocenters. The van der Waals surface area contributed by atoms with Crippen molar-refractivity contribution in [1.82, 2.24) is 10.3 Å². The molecule has 2 N–H and O–H groups in total. The minimum absolute atomic E-state index is 0.203. The van der Waals surface area contributed by atoms with Gasteiger partial charge < -0.3 is 15.4 Å². The number of carbonyl (C=O) groups excluding carboxylic acids is 2. The Labute approximate surface area is 169 Å². The topological polar surface area (TPSA) is 80.3 Å². The van der Waals surface area contributed by atoms with Crippen LogP contribution < -0.4 is 15.4 Å². The molecule has 3 aromatic rings. The van der Waals surface area contributed by atoms with Crippen molar-refractivity contribution in [2.45, 2.75) is 6.54 Å². The first-order chi connectivity index (χ1) is 14.1. The molecule has 0 aliphatic carbocycles. The van der Waals surface area contributed by atoms with Crippen molar-refractivity contribution in [3.8, 4) is 5.75 Å². The summed E-state index contributed by atoms with van der Waals surface area (Å²) in [6.07, 6.45) is 6.34. The van der Waals surface area contributed by atoms with Gasteiger partial charge in [-0.3, -0.25) is 14.6 Å². The van der Waals surface area contributed by atoms with Crippen LogP contribution in [0.5, 0.6) is 5.75 Å². The number of methoxy groups -OCH3 is 1. The average molecular weight is 387 g/mol. The van der Waals surface area contributed by atoms with Gasteiger partial charge in [-0.2, -0.15) is 0 Å². The fraction of sp³-hybridized carbons (Fsp3) is 0.0870. The number of aromatic nitrogens is 1. The zero-order valence-corrected chi connectivity index (χ0v) is 16.0. The summed E-state index contributed by atoms with van der Waals surface area (Å²) in [4.78, 5) is 28.2. The van der Waals surface area contributed by atoms with Gasteiger partial charge in [-0.05, 0) is 53.6 Å². The number of carbonyl (C=O) groups is 2. The molecule has 0 saturated carbocycles. The summed E-state index contributed by atoms with van der Waals surface area (Å²) in [6, 6.07) is 18.1. The van der Waals surface area contributed by atoms with Crippen LogP contribution in [0.1, 0.15) is 21.5 Å². The molecule has 0 unspecified atom stereocenters. The van der Waals surface area contributed by atoms with Crippen LogP contribution >= 0.6 is 0 Å². The van der Waals surface area contributed by atoms with Crippen LogP contribution in [0.4, 0.5) is 5.69 Å². The Morgan fingerprint density at radius 1 is 1.07 bits per heavy atom. The van der Waals surface area contributed by atoms with E-state index in [1.165, 1.54) is 12.3 Å². The fourth-order valence-corrected chi connectivity index (χ4v) is 2.59. The summed E-state index contributed by atoms with van der Waals surface area (Å²) >= 11 is 0. The number of ether oxygens (including phenoxy) is 1. The first-order valence-electron chi connectivity index (χ1n) is 9.04. The summed E-state index contributed by atoms with van der Waals surface area (Å²) in [5.41, 5.74) is 2.91. The van der Waals surface area contributed by atoms with Crippen LogP contribution in [-0.2, 0) is 11.3 Å². The van der Waals surface area contributed by atoms with E-state index >= 15 is 0 Å². The zero-order chi connectivity index (χ0) is 20.5. The van der Waals surface area contributed by atoms with Gasteiger partial charge in [0, 0.05) is 30.7 Å². The van der Waals surface area contributed by atoms with E-state index in [0.29, 0.717) is 17.8 Å². The predicted molar refractivity (Wildman–Crippen MR) is 113 cm³/mol. The molecule has 0 bridgehead atoms. The molecular formula is C23H21N3O3. The molecule has 2 aromatic carbocycles. The molecular weight excluding hydrogens is 366 g/mol. The van der Waals surface area contributed by atoms with Crippen LogP contribution in [-0.4, -0.2) is 23.9 Å². The molecule has 1 aromatic heterocycles. The van der Waals surface area contributed by atoms with Gasteiger partial charge in [0.1, 0.15) is 5.75 Å². The van der Waals surface area contributed by atoms with Gasteiger partial charge in [-0.25, -0.2) is 0 Å².